The number of carbonyl (C=O) groups excluding carboxylic acids is 2. The van der Waals surface area contributed by atoms with Crippen LogP contribution in [-0.2, 0) is 11.2 Å². The molecular formula is C22H24N4O4. The molecule has 30 heavy (non-hydrogen) atoms. The zero-order valence-corrected chi connectivity index (χ0v) is 16.8. The van der Waals surface area contributed by atoms with Crippen LogP contribution in [0.2, 0.25) is 0 Å². The molecule has 0 atom stereocenters. The van der Waals surface area contributed by atoms with Gasteiger partial charge in [-0.15, -0.1) is 0 Å². The van der Waals surface area contributed by atoms with Crippen molar-refractivity contribution in [1.29, 1.82) is 5.26 Å². The van der Waals surface area contributed by atoms with Gasteiger partial charge in [-0.05, 0) is 36.2 Å². The average molecular weight is 408 g/mol. The van der Waals surface area contributed by atoms with Gasteiger partial charge in [0.1, 0.15) is 17.4 Å². The standard InChI is InChI=1S/C22H24N4O4/c1-29-19-6-4-17(5-7-19)8-9-24-21(27)18(15-23)16-25-10-12-26(13-11-25)22(28)20-3-2-14-30-20/h2-7,14,16H,8-13H2,1H3,(H,24,27)/b18-16-. The molecule has 0 unspecified atom stereocenters. The number of furan rings is 1. The number of piperazine rings is 1. The zero-order valence-electron chi connectivity index (χ0n) is 16.8. The largest absolute Gasteiger partial charge is 0.497 e. The van der Waals surface area contributed by atoms with Crippen molar-refractivity contribution in [3.8, 4) is 11.8 Å². The van der Waals surface area contributed by atoms with Crippen molar-refractivity contribution in [2.24, 2.45) is 0 Å². The summed E-state index contributed by atoms with van der Waals surface area (Å²) in [6.07, 6.45) is 3.69. The molecule has 0 aliphatic carbocycles. The van der Waals surface area contributed by atoms with E-state index in [9.17, 15) is 14.9 Å². The number of nitrogens with zero attached hydrogens (tertiary/aromatic N) is 3. The Balaban J connectivity index is 1.47. The molecule has 1 aliphatic rings. The molecule has 0 radical (unpaired) electrons. The van der Waals surface area contributed by atoms with Crippen LogP contribution in [0.25, 0.3) is 0 Å². The minimum atomic E-state index is -0.403. The highest BCUT2D eigenvalue weighted by atomic mass is 16.5. The lowest BCUT2D eigenvalue weighted by Gasteiger charge is -2.33. The molecule has 8 nitrogen and oxygen atoms in total. The molecular weight excluding hydrogens is 384 g/mol. The number of nitriles is 1. The molecule has 0 saturated carbocycles. The van der Waals surface area contributed by atoms with Crippen molar-refractivity contribution < 1.29 is 18.7 Å². The second kappa shape index (κ2) is 10.2. The normalized spacial score (nSPS) is 14.2. The molecule has 1 aliphatic heterocycles. The Labute approximate surface area is 175 Å². The van der Waals surface area contributed by atoms with Crippen LogP contribution >= 0.6 is 0 Å². The van der Waals surface area contributed by atoms with Gasteiger partial charge in [0.25, 0.3) is 11.8 Å². The van der Waals surface area contributed by atoms with E-state index in [4.69, 9.17) is 9.15 Å². The van der Waals surface area contributed by atoms with Gasteiger partial charge in [0.2, 0.25) is 0 Å². The maximum absolute atomic E-state index is 12.3. The third-order valence-corrected chi connectivity index (χ3v) is 4.87. The van der Waals surface area contributed by atoms with E-state index in [1.54, 1.807) is 30.3 Å². The predicted molar refractivity (Wildman–Crippen MR) is 110 cm³/mol. The Morgan fingerprint density at radius 3 is 2.53 bits per heavy atom. The Kier molecular flexibility index (Phi) is 7.11. The summed E-state index contributed by atoms with van der Waals surface area (Å²) >= 11 is 0. The van der Waals surface area contributed by atoms with Crippen molar-refractivity contribution in [2.45, 2.75) is 6.42 Å². The Morgan fingerprint density at radius 1 is 1.20 bits per heavy atom. The predicted octanol–water partition coefficient (Wildman–Crippen LogP) is 1.81. The molecule has 1 N–H and O–H groups in total. The van der Waals surface area contributed by atoms with Crippen LogP contribution < -0.4 is 10.1 Å². The number of carbonyl (C=O) groups is 2. The summed E-state index contributed by atoms with van der Waals surface area (Å²) < 4.78 is 10.3. The smallest absolute Gasteiger partial charge is 0.289 e. The fourth-order valence-corrected chi connectivity index (χ4v) is 3.14. The van der Waals surface area contributed by atoms with Crippen LogP contribution in [0.1, 0.15) is 16.1 Å². The fourth-order valence-electron chi connectivity index (χ4n) is 3.14. The van der Waals surface area contributed by atoms with Crippen LogP contribution in [-0.4, -0.2) is 61.4 Å². The average Bonchev–Trinajstić information content (AvgIpc) is 3.33. The number of nitrogens with one attached hydrogen (secondary N) is 1. The monoisotopic (exact) mass is 408 g/mol. The van der Waals surface area contributed by atoms with Crippen LogP contribution in [0.4, 0.5) is 0 Å². The van der Waals surface area contributed by atoms with Crippen LogP contribution in [0.15, 0.2) is 58.9 Å². The first kappa shape index (κ1) is 21.0. The second-order valence-corrected chi connectivity index (χ2v) is 6.81. The first-order chi connectivity index (χ1) is 14.6. The van der Waals surface area contributed by atoms with Gasteiger partial charge in [0.15, 0.2) is 5.76 Å². The summed E-state index contributed by atoms with van der Waals surface area (Å²) in [5.41, 5.74) is 1.12. The summed E-state index contributed by atoms with van der Waals surface area (Å²) in [6.45, 7) is 2.49. The lowest BCUT2D eigenvalue weighted by molar-refractivity contribution is -0.117. The van der Waals surface area contributed by atoms with E-state index in [2.05, 4.69) is 5.32 Å². The highest BCUT2D eigenvalue weighted by molar-refractivity contribution is 5.97. The van der Waals surface area contributed by atoms with E-state index < -0.39 is 5.91 Å². The zero-order chi connectivity index (χ0) is 21.3. The van der Waals surface area contributed by atoms with Gasteiger partial charge in [-0.25, -0.2) is 0 Å². The number of ether oxygens (including phenoxy) is 1. The maximum Gasteiger partial charge on any atom is 0.289 e. The Hall–Kier alpha value is -3.73. The molecule has 0 bridgehead atoms. The number of hydrogen-bond acceptors (Lipinski definition) is 6. The first-order valence-corrected chi connectivity index (χ1v) is 9.70. The number of hydrogen-bond donors (Lipinski definition) is 1. The van der Waals surface area contributed by atoms with Gasteiger partial charge < -0.3 is 24.3 Å². The lowest BCUT2D eigenvalue weighted by Crippen LogP contribution is -2.47. The van der Waals surface area contributed by atoms with Crippen molar-refractivity contribution >= 4 is 11.8 Å². The number of benzene rings is 1. The maximum atomic E-state index is 12.3. The Morgan fingerprint density at radius 2 is 1.93 bits per heavy atom. The summed E-state index contributed by atoms with van der Waals surface area (Å²) in [5, 5.41) is 12.2. The van der Waals surface area contributed by atoms with Gasteiger partial charge in [0, 0.05) is 38.9 Å². The van der Waals surface area contributed by atoms with Crippen molar-refractivity contribution in [2.75, 3.05) is 39.8 Å². The van der Waals surface area contributed by atoms with Crippen molar-refractivity contribution in [3.05, 3.63) is 65.8 Å². The van der Waals surface area contributed by atoms with E-state index in [0.29, 0.717) is 44.9 Å². The molecule has 8 heteroatoms. The molecule has 2 aromatic rings. The van der Waals surface area contributed by atoms with Gasteiger partial charge in [-0.3, -0.25) is 9.59 Å². The topological polar surface area (TPSA) is 98.8 Å². The first-order valence-electron chi connectivity index (χ1n) is 9.70. The van der Waals surface area contributed by atoms with Crippen molar-refractivity contribution in [1.82, 2.24) is 15.1 Å². The van der Waals surface area contributed by atoms with E-state index in [0.717, 1.165) is 11.3 Å². The quantitative estimate of drug-likeness (QED) is 0.554. The summed E-state index contributed by atoms with van der Waals surface area (Å²) in [5.74, 6) is 0.539. The molecule has 2 amide bonds. The molecule has 156 valence electrons. The summed E-state index contributed by atoms with van der Waals surface area (Å²) in [4.78, 5) is 28.2. The van der Waals surface area contributed by atoms with Gasteiger partial charge in [-0.1, -0.05) is 12.1 Å². The third-order valence-electron chi connectivity index (χ3n) is 4.87. The number of methoxy groups -OCH3 is 1. The van der Waals surface area contributed by atoms with Crippen molar-refractivity contribution in [3.63, 3.8) is 0 Å². The summed E-state index contributed by atoms with van der Waals surface area (Å²) in [6, 6.07) is 12.9. The minimum absolute atomic E-state index is 0.0514. The molecule has 2 heterocycles. The second-order valence-electron chi connectivity index (χ2n) is 6.81. The minimum Gasteiger partial charge on any atom is -0.497 e. The molecule has 1 aromatic carbocycles. The van der Waals surface area contributed by atoms with E-state index in [1.807, 2.05) is 35.2 Å². The highest BCUT2D eigenvalue weighted by Gasteiger charge is 2.23. The lowest BCUT2D eigenvalue weighted by atomic mass is 10.1. The molecule has 1 aromatic heterocycles. The summed E-state index contributed by atoms with van der Waals surface area (Å²) in [7, 11) is 1.61. The van der Waals surface area contributed by atoms with Crippen LogP contribution in [0.3, 0.4) is 0 Å². The SMILES string of the molecule is COc1ccc(CCNC(=O)/C(C#N)=C\N2CCN(C(=O)c3ccco3)CC2)cc1. The van der Waals surface area contributed by atoms with Gasteiger partial charge in [0.05, 0.1) is 13.4 Å². The van der Waals surface area contributed by atoms with Gasteiger partial charge >= 0.3 is 0 Å². The van der Waals surface area contributed by atoms with E-state index in [1.165, 1.54) is 6.26 Å². The molecule has 0 spiro atoms. The van der Waals surface area contributed by atoms with Crippen LogP contribution in [0.5, 0.6) is 5.75 Å². The van der Waals surface area contributed by atoms with E-state index >= 15 is 0 Å². The van der Waals surface area contributed by atoms with Gasteiger partial charge in [-0.2, -0.15) is 5.26 Å². The fraction of sp³-hybridized carbons (Fsp3) is 0.318. The highest BCUT2D eigenvalue weighted by Crippen LogP contribution is 2.12. The molecule has 3 rings (SSSR count). The third kappa shape index (κ3) is 5.41. The number of amides is 2. The molecule has 1 fully saturated rings. The van der Waals surface area contributed by atoms with Crippen LogP contribution in [0, 0.1) is 11.3 Å². The van der Waals surface area contributed by atoms with E-state index in [-0.39, 0.29) is 11.5 Å². The Bertz CT molecular complexity index is 921. The molecule has 1 saturated heterocycles. The number of rotatable bonds is 7.